The number of nitrogens with one attached hydrogen (secondary N) is 1. The molecule has 0 aromatic carbocycles. The zero-order valence-electron chi connectivity index (χ0n) is 39.3. The van der Waals surface area contributed by atoms with Gasteiger partial charge in [-0.3, -0.25) is 4.79 Å². The Kier molecular flexibility index (Phi) is 21.2. The summed E-state index contributed by atoms with van der Waals surface area (Å²) in [4.78, 5) is 12.8. The zero-order chi connectivity index (χ0) is 53.2. The summed E-state index contributed by atoms with van der Waals surface area (Å²) in [5.41, 5.74) is 0. The molecule has 6 aliphatic rings. The monoisotopic (exact) mass is 1060 g/mol. The number of aliphatic hydroxyl groups is 17. The van der Waals surface area contributed by atoms with Crippen LogP contribution in [-0.4, -0.2) is 316 Å². The van der Waals surface area contributed by atoms with Crippen molar-refractivity contribution in [3.05, 3.63) is 0 Å². The number of carbonyl (C=O) groups is 1. The molecule has 1 amide bonds. The van der Waals surface area contributed by atoms with Gasteiger partial charge in [-0.05, 0) is 20.8 Å². The van der Waals surface area contributed by atoms with Gasteiger partial charge in [0, 0.05) is 6.92 Å². The van der Waals surface area contributed by atoms with Gasteiger partial charge in [-0.1, -0.05) is 0 Å². The number of hydrogen-bond acceptors (Lipinski definition) is 30. The Labute approximate surface area is 410 Å². The average Bonchev–Trinajstić information content (AvgIpc) is 3.34. The van der Waals surface area contributed by atoms with E-state index >= 15 is 0 Å². The number of carbonyl (C=O) groups excluding carboxylic acids is 1. The largest absolute Gasteiger partial charge is 0.394 e. The van der Waals surface area contributed by atoms with Crippen LogP contribution < -0.4 is 5.32 Å². The third-order valence-corrected chi connectivity index (χ3v) is 13.2. The van der Waals surface area contributed by atoms with Gasteiger partial charge in [0.15, 0.2) is 37.7 Å². The summed E-state index contributed by atoms with van der Waals surface area (Å²) in [5, 5.41) is 186. The predicted octanol–water partition coefficient (Wildman–Crippen LogP) is -11.5. The second-order valence-corrected chi connectivity index (χ2v) is 18.6. The summed E-state index contributed by atoms with van der Waals surface area (Å²) < 4.78 is 68.8. The van der Waals surface area contributed by atoms with E-state index < -0.39 is 229 Å². The van der Waals surface area contributed by atoms with Gasteiger partial charge in [0.25, 0.3) is 0 Å². The van der Waals surface area contributed by atoms with Crippen LogP contribution in [0.1, 0.15) is 27.7 Å². The lowest BCUT2D eigenvalue weighted by molar-refractivity contribution is -0.393. The van der Waals surface area contributed by atoms with E-state index in [-0.39, 0.29) is 0 Å². The van der Waals surface area contributed by atoms with Crippen LogP contribution in [-0.2, 0) is 61.6 Å². The number of rotatable bonds is 18. The first-order chi connectivity index (χ1) is 34.0. The standard InChI is InChI=1S/C41H71NO30/c1-10(2)61-37-28(58)25(55)31(16(8-46)66-37)68-39-29(59)26(56)32(17(9-47)67-39)69-40-30(60)34(22(52)15(7-45)64-40)71-36-18(42-12(4)48)33(21(51)14(6-44)63-36)70-41-35(24(54)20(50)13(5-43)65-41)72-38-27(57)23(53)19(49)11(3)62-38/h10-11,13-41,43-47,49-60H,5-9H2,1-4H3,(H,42,48)/t11?,13?,14?,15?,16?,17?,18?,19-,20+,21+,22+,23+,24+,25-,26-,27?,28?,29?,30?,31-,32+,33-,34+,35?,36+,37-,38+,39+,40-,41+/m1/s1. The van der Waals surface area contributed by atoms with Crippen molar-refractivity contribution < 1.29 is 148 Å². The van der Waals surface area contributed by atoms with Crippen LogP contribution in [0, 0.1) is 0 Å². The van der Waals surface area contributed by atoms with Gasteiger partial charge in [-0.2, -0.15) is 0 Å². The second-order valence-electron chi connectivity index (χ2n) is 18.6. The van der Waals surface area contributed by atoms with Crippen molar-refractivity contribution in [2.45, 2.75) is 218 Å². The van der Waals surface area contributed by atoms with Crippen molar-refractivity contribution in [1.82, 2.24) is 5.32 Å². The van der Waals surface area contributed by atoms with E-state index in [2.05, 4.69) is 5.32 Å². The van der Waals surface area contributed by atoms with Gasteiger partial charge < -0.3 is 149 Å². The van der Waals surface area contributed by atoms with Crippen LogP contribution in [0.25, 0.3) is 0 Å². The first-order valence-corrected chi connectivity index (χ1v) is 23.4. The second kappa shape index (κ2) is 25.6. The van der Waals surface area contributed by atoms with Gasteiger partial charge in [-0.15, -0.1) is 0 Å². The molecule has 0 bridgehead atoms. The van der Waals surface area contributed by atoms with E-state index in [1.165, 1.54) is 6.92 Å². The molecule has 12 unspecified atom stereocenters. The third-order valence-electron chi connectivity index (χ3n) is 13.2. The Morgan fingerprint density at radius 3 is 1.31 bits per heavy atom. The SMILES string of the molecule is CC(=O)NC1[C@H](O[C@@H]2C(O)[C@@H](O[C@H]3C(CO)O[C@@H](O[C@@H]4C(CO)O[C@@H](OC(C)C)C(O)[C@H]4O)C(O)[C@H]3O)OC(CO)[C@@H]2O)OC(CO)[C@H](O)[C@@H]1O[C@@H]1OC(CO)[C@H](O)[C@H](O)C1O[C@@H]1OC(C)[C@@H](O)[C@H](O)C1O. The molecule has 420 valence electrons. The summed E-state index contributed by atoms with van der Waals surface area (Å²) in [5.74, 6) is -0.857. The topological polar surface area (TPSA) is 484 Å². The van der Waals surface area contributed by atoms with Crippen LogP contribution >= 0.6 is 0 Å². The molecule has 0 saturated carbocycles. The van der Waals surface area contributed by atoms with Crippen molar-refractivity contribution in [2.75, 3.05) is 33.0 Å². The summed E-state index contributed by atoms with van der Waals surface area (Å²) in [6, 6.07) is -1.78. The molecular weight excluding hydrogens is 986 g/mol. The zero-order valence-corrected chi connectivity index (χ0v) is 39.3. The molecule has 0 aromatic rings. The van der Waals surface area contributed by atoms with Gasteiger partial charge >= 0.3 is 0 Å². The first kappa shape index (κ1) is 59.6. The lowest BCUT2D eigenvalue weighted by Gasteiger charge is -2.51. The molecule has 0 aliphatic carbocycles. The van der Waals surface area contributed by atoms with Crippen LogP contribution in [0.4, 0.5) is 0 Å². The predicted molar refractivity (Wildman–Crippen MR) is 223 cm³/mol. The molecule has 6 fully saturated rings. The summed E-state index contributed by atoms with van der Waals surface area (Å²) in [7, 11) is 0. The maximum atomic E-state index is 12.8. The molecule has 18 N–H and O–H groups in total. The Balaban J connectivity index is 1.22. The summed E-state index contributed by atoms with van der Waals surface area (Å²) in [6.07, 6.45) is -53.5. The van der Waals surface area contributed by atoms with E-state index in [0.717, 1.165) is 6.92 Å². The van der Waals surface area contributed by atoms with E-state index in [1.54, 1.807) is 13.8 Å². The molecule has 0 aromatic heterocycles. The van der Waals surface area contributed by atoms with E-state index in [4.69, 9.17) is 56.8 Å². The molecular formula is C41H71NO30. The number of ether oxygens (including phenoxy) is 12. The first-order valence-electron chi connectivity index (χ1n) is 23.4. The molecule has 6 saturated heterocycles. The Morgan fingerprint density at radius 1 is 0.403 bits per heavy atom. The number of hydrogen-bond donors (Lipinski definition) is 18. The van der Waals surface area contributed by atoms with Gasteiger partial charge in [-0.25, -0.2) is 0 Å². The van der Waals surface area contributed by atoms with Crippen molar-refractivity contribution in [3.8, 4) is 0 Å². The normalized spacial score (nSPS) is 50.5. The smallest absolute Gasteiger partial charge is 0.217 e. The quantitative estimate of drug-likeness (QED) is 0.0606. The minimum atomic E-state index is -2.21. The maximum Gasteiger partial charge on any atom is 0.217 e. The van der Waals surface area contributed by atoms with Crippen LogP contribution in [0.5, 0.6) is 0 Å². The highest BCUT2D eigenvalue weighted by Crippen LogP contribution is 2.37. The van der Waals surface area contributed by atoms with E-state index in [1.807, 2.05) is 0 Å². The van der Waals surface area contributed by atoms with Crippen molar-refractivity contribution >= 4 is 5.91 Å². The van der Waals surface area contributed by atoms with Crippen molar-refractivity contribution in [3.63, 3.8) is 0 Å². The van der Waals surface area contributed by atoms with E-state index in [0.29, 0.717) is 0 Å². The molecule has 72 heavy (non-hydrogen) atoms. The molecule has 0 radical (unpaired) electrons. The number of aliphatic hydroxyl groups excluding tert-OH is 17. The van der Waals surface area contributed by atoms with E-state index in [9.17, 15) is 91.6 Å². The average molecular weight is 1060 g/mol. The van der Waals surface area contributed by atoms with Gasteiger partial charge in [0.1, 0.15) is 140 Å². The Morgan fingerprint density at radius 2 is 0.778 bits per heavy atom. The minimum Gasteiger partial charge on any atom is -0.394 e. The fraction of sp³-hybridized carbons (Fsp3) is 0.976. The highest BCUT2D eigenvalue weighted by atomic mass is 16.8. The number of amides is 1. The van der Waals surface area contributed by atoms with Crippen LogP contribution in [0.2, 0.25) is 0 Å². The molecule has 31 heteroatoms. The Hall–Kier alpha value is -1.69. The molecule has 6 aliphatic heterocycles. The third kappa shape index (κ3) is 12.7. The Bertz CT molecular complexity index is 1680. The maximum absolute atomic E-state index is 12.8. The summed E-state index contributed by atoms with van der Waals surface area (Å²) in [6.45, 7) is 0.832. The highest BCUT2D eigenvalue weighted by molar-refractivity contribution is 5.73. The van der Waals surface area contributed by atoms with Crippen molar-refractivity contribution in [2.24, 2.45) is 0 Å². The molecule has 30 atom stereocenters. The summed E-state index contributed by atoms with van der Waals surface area (Å²) >= 11 is 0. The molecule has 31 nitrogen and oxygen atoms in total. The van der Waals surface area contributed by atoms with Crippen LogP contribution in [0.3, 0.4) is 0 Å². The fourth-order valence-electron chi connectivity index (χ4n) is 9.21. The van der Waals surface area contributed by atoms with Crippen molar-refractivity contribution in [1.29, 1.82) is 0 Å². The fourth-order valence-corrected chi connectivity index (χ4v) is 9.21. The van der Waals surface area contributed by atoms with Gasteiger partial charge in [0.2, 0.25) is 5.91 Å². The van der Waals surface area contributed by atoms with Crippen LogP contribution in [0.15, 0.2) is 0 Å². The highest BCUT2D eigenvalue weighted by Gasteiger charge is 2.58. The minimum absolute atomic E-state index is 0.479. The molecule has 6 rings (SSSR count). The molecule has 6 heterocycles. The molecule has 0 spiro atoms. The lowest BCUT2D eigenvalue weighted by Crippen LogP contribution is -2.70. The lowest BCUT2D eigenvalue weighted by atomic mass is 9.94. The van der Waals surface area contributed by atoms with Gasteiger partial charge in [0.05, 0.1) is 45.2 Å².